The van der Waals surface area contributed by atoms with Crippen LogP contribution in [0.4, 0.5) is 0 Å². The lowest BCUT2D eigenvalue weighted by atomic mass is 9.72. The second-order valence-corrected chi connectivity index (χ2v) is 8.22. The smallest absolute Gasteiger partial charge is 0.329 e. The highest BCUT2D eigenvalue weighted by Gasteiger charge is 2.72. The molecule has 142 valence electrons. The molecule has 0 amide bonds. The summed E-state index contributed by atoms with van der Waals surface area (Å²) in [5.74, 6) is -1.93. The molecule has 0 radical (unpaired) electrons. The Morgan fingerprint density at radius 2 is 1.89 bits per heavy atom. The molecule has 4 atom stereocenters. The van der Waals surface area contributed by atoms with Gasteiger partial charge in [0.15, 0.2) is 5.41 Å². The minimum Gasteiger partial charge on any atom is -0.460 e. The summed E-state index contributed by atoms with van der Waals surface area (Å²) in [6.07, 6.45) is 8.85. The molecule has 3 fully saturated rings. The van der Waals surface area contributed by atoms with Crippen LogP contribution in [0.15, 0.2) is 42.5 Å². The molecule has 5 heteroatoms. The zero-order valence-corrected chi connectivity index (χ0v) is 15.3. The lowest BCUT2D eigenvalue weighted by Crippen LogP contribution is -2.63. The summed E-state index contributed by atoms with van der Waals surface area (Å²) in [5, 5.41) is 0. The number of allylic oxidation sites excluding steroid dienone is 1. The average Bonchev–Trinajstić information content (AvgIpc) is 3.28. The molecule has 5 rings (SSSR count). The fourth-order valence-electron chi connectivity index (χ4n) is 5.30. The van der Waals surface area contributed by atoms with Crippen LogP contribution in [0, 0.1) is 17.3 Å². The molecule has 2 bridgehead atoms. The molecular weight excluding hydrogens is 344 g/mol. The van der Waals surface area contributed by atoms with Crippen LogP contribution in [0.3, 0.4) is 0 Å². The van der Waals surface area contributed by atoms with Gasteiger partial charge in [0.05, 0.1) is 6.10 Å². The monoisotopic (exact) mass is 368 g/mol. The van der Waals surface area contributed by atoms with E-state index in [1.165, 1.54) is 0 Å². The van der Waals surface area contributed by atoms with Crippen molar-refractivity contribution < 1.29 is 23.8 Å². The maximum atomic E-state index is 13.3. The Morgan fingerprint density at radius 1 is 1.11 bits per heavy atom. The Kier molecular flexibility index (Phi) is 3.90. The summed E-state index contributed by atoms with van der Waals surface area (Å²) >= 11 is 0. The molecule has 1 aliphatic heterocycles. The molecule has 0 unspecified atom stereocenters. The SMILES string of the molecule is O=C(OCc1ccccc1)[C@]12C(=O)OC3(CCCCC3)O[C@H]1[C@H]1C=C[C@@H]2C1. The number of carbonyl (C=O) groups is 2. The van der Waals surface area contributed by atoms with Gasteiger partial charge < -0.3 is 14.2 Å². The van der Waals surface area contributed by atoms with Crippen LogP contribution in [-0.4, -0.2) is 23.8 Å². The Morgan fingerprint density at radius 3 is 2.67 bits per heavy atom. The first kappa shape index (κ1) is 17.0. The van der Waals surface area contributed by atoms with E-state index < -0.39 is 29.2 Å². The van der Waals surface area contributed by atoms with Gasteiger partial charge in [0, 0.05) is 24.7 Å². The first-order valence-corrected chi connectivity index (χ1v) is 9.95. The number of ether oxygens (including phenoxy) is 3. The van der Waals surface area contributed by atoms with Crippen LogP contribution in [0.2, 0.25) is 0 Å². The summed E-state index contributed by atoms with van der Waals surface area (Å²) in [6.45, 7) is 0.146. The Hall–Kier alpha value is -2.14. The van der Waals surface area contributed by atoms with E-state index >= 15 is 0 Å². The van der Waals surface area contributed by atoms with Gasteiger partial charge in [0.2, 0.25) is 5.79 Å². The highest BCUT2D eigenvalue weighted by Crippen LogP contribution is 2.59. The normalized spacial score (nSPS) is 35.7. The molecule has 1 saturated heterocycles. The van der Waals surface area contributed by atoms with Crippen LogP contribution in [-0.2, 0) is 30.4 Å². The highest BCUT2D eigenvalue weighted by molar-refractivity contribution is 6.03. The van der Waals surface area contributed by atoms with Gasteiger partial charge in [-0.15, -0.1) is 0 Å². The molecular formula is C22H24O5. The van der Waals surface area contributed by atoms with Crippen LogP contribution >= 0.6 is 0 Å². The molecule has 1 aromatic carbocycles. The van der Waals surface area contributed by atoms with E-state index in [2.05, 4.69) is 6.08 Å². The van der Waals surface area contributed by atoms with Gasteiger partial charge in [-0.2, -0.15) is 0 Å². The third-order valence-electron chi connectivity index (χ3n) is 6.66. The molecule has 4 aliphatic rings. The van der Waals surface area contributed by atoms with Crippen molar-refractivity contribution in [3.05, 3.63) is 48.0 Å². The number of benzene rings is 1. The van der Waals surface area contributed by atoms with Crippen LogP contribution < -0.4 is 0 Å². The van der Waals surface area contributed by atoms with Gasteiger partial charge in [-0.25, -0.2) is 0 Å². The largest absolute Gasteiger partial charge is 0.460 e. The Labute approximate surface area is 158 Å². The molecule has 3 aliphatic carbocycles. The highest BCUT2D eigenvalue weighted by atomic mass is 16.7. The molecule has 1 aromatic rings. The van der Waals surface area contributed by atoms with Gasteiger partial charge >= 0.3 is 11.9 Å². The minimum absolute atomic E-state index is 0.0749. The molecule has 0 aromatic heterocycles. The second kappa shape index (κ2) is 6.20. The van der Waals surface area contributed by atoms with Crippen molar-refractivity contribution in [3.63, 3.8) is 0 Å². The van der Waals surface area contributed by atoms with E-state index in [-0.39, 0.29) is 18.4 Å². The van der Waals surface area contributed by atoms with Crippen LogP contribution in [0.25, 0.3) is 0 Å². The number of carbonyl (C=O) groups excluding carboxylic acids is 2. The Balaban J connectivity index is 1.43. The Bertz CT molecular complexity index is 779. The summed E-state index contributed by atoms with van der Waals surface area (Å²) < 4.78 is 17.9. The number of hydrogen-bond acceptors (Lipinski definition) is 5. The van der Waals surface area contributed by atoms with E-state index in [0.29, 0.717) is 12.8 Å². The van der Waals surface area contributed by atoms with Gasteiger partial charge in [0.25, 0.3) is 0 Å². The lowest BCUT2D eigenvalue weighted by molar-refractivity contribution is -0.313. The van der Waals surface area contributed by atoms with E-state index in [9.17, 15) is 9.59 Å². The molecule has 27 heavy (non-hydrogen) atoms. The van der Waals surface area contributed by atoms with E-state index in [1.54, 1.807) is 0 Å². The van der Waals surface area contributed by atoms with Crippen molar-refractivity contribution in [1.29, 1.82) is 0 Å². The number of esters is 2. The third-order valence-corrected chi connectivity index (χ3v) is 6.66. The van der Waals surface area contributed by atoms with Crippen molar-refractivity contribution in [1.82, 2.24) is 0 Å². The number of fused-ring (bicyclic) bond motifs is 5. The topological polar surface area (TPSA) is 61.8 Å². The predicted octanol–water partition coefficient (Wildman–Crippen LogP) is 3.52. The molecule has 0 N–H and O–H groups in total. The first-order chi connectivity index (χ1) is 13.1. The number of hydrogen-bond donors (Lipinski definition) is 0. The van der Waals surface area contributed by atoms with Crippen molar-refractivity contribution in [2.75, 3.05) is 0 Å². The van der Waals surface area contributed by atoms with Crippen LogP contribution in [0.5, 0.6) is 0 Å². The van der Waals surface area contributed by atoms with Gasteiger partial charge in [-0.1, -0.05) is 48.9 Å². The maximum Gasteiger partial charge on any atom is 0.329 e. The zero-order chi connectivity index (χ0) is 18.5. The fraction of sp³-hybridized carbons (Fsp3) is 0.545. The quantitative estimate of drug-likeness (QED) is 0.464. The molecule has 5 nitrogen and oxygen atoms in total. The average molecular weight is 368 g/mol. The van der Waals surface area contributed by atoms with E-state index in [0.717, 1.165) is 31.2 Å². The van der Waals surface area contributed by atoms with Crippen molar-refractivity contribution in [2.45, 2.75) is 57.0 Å². The maximum absolute atomic E-state index is 13.3. The zero-order valence-electron chi connectivity index (χ0n) is 15.3. The summed E-state index contributed by atoms with van der Waals surface area (Å²) in [4.78, 5) is 26.5. The molecule has 2 saturated carbocycles. The summed E-state index contributed by atoms with van der Waals surface area (Å²) in [5.41, 5.74) is -0.456. The fourth-order valence-corrected chi connectivity index (χ4v) is 5.30. The second-order valence-electron chi connectivity index (χ2n) is 8.22. The minimum atomic E-state index is -1.35. The van der Waals surface area contributed by atoms with E-state index in [1.807, 2.05) is 36.4 Å². The van der Waals surface area contributed by atoms with E-state index in [4.69, 9.17) is 14.2 Å². The van der Waals surface area contributed by atoms with Crippen molar-refractivity contribution in [2.24, 2.45) is 17.3 Å². The van der Waals surface area contributed by atoms with Gasteiger partial charge in [0.1, 0.15) is 6.61 Å². The van der Waals surface area contributed by atoms with Crippen molar-refractivity contribution >= 4 is 11.9 Å². The predicted molar refractivity (Wildman–Crippen MR) is 96.2 cm³/mol. The van der Waals surface area contributed by atoms with Crippen molar-refractivity contribution in [3.8, 4) is 0 Å². The standard InChI is InChI=1S/C22H24O5/c23-19(25-14-15-7-3-1-4-8-15)22-17-10-9-16(13-17)18(22)26-21(27-20(22)24)11-5-2-6-12-21/h1,3-4,7-10,16-18H,2,5-6,11-14H2/t16-,17+,18-,22+/m0/s1. The van der Waals surface area contributed by atoms with Gasteiger partial charge in [-0.05, 0) is 24.8 Å². The number of rotatable bonds is 3. The summed E-state index contributed by atoms with van der Waals surface area (Å²) in [7, 11) is 0. The molecule has 1 spiro atoms. The molecule has 1 heterocycles. The summed E-state index contributed by atoms with van der Waals surface area (Å²) in [6, 6.07) is 9.51. The third kappa shape index (κ3) is 2.48. The van der Waals surface area contributed by atoms with Gasteiger partial charge in [-0.3, -0.25) is 9.59 Å². The first-order valence-electron chi connectivity index (χ1n) is 9.95. The lowest BCUT2D eigenvalue weighted by Gasteiger charge is -2.50. The van der Waals surface area contributed by atoms with Crippen LogP contribution in [0.1, 0.15) is 44.1 Å².